The number of nitrogens with two attached hydrogens (primary N) is 2. The first-order valence-corrected chi connectivity index (χ1v) is 7.38. The fourth-order valence-corrected chi connectivity index (χ4v) is 2.84. The predicted molar refractivity (Wildman–Crippen MR) is 95.8 cm³/mol. The van der Waals surface area contributed by atoms with Crippen LogP contribution in [0.25, 0.3) is 16.2 Å². The first kappa shape index (κ1) is 18.3. The number of aromatic nitrogens is 2. The summed E-state index contributed by atoms with van der Waals surface area (Å²) in [5.41, 5.74) is 10.4. The summed E-state index contributed by atoms with van der Waals surface area (Å²) in [6.07, 6.45) is 3.02. The number of rotatable bonds is 4. The molecule has 0 bridgehead atoms. The zero-order valence-corrected chi connectivity index (χ0v) is 14.0. The van der Waals surface area contributed by atoms with Crippen LogP contribution in [0.3, 0.4) is 0 Å². The molecule has 2 heterocycles. The van der Waals surface area contributed by atoms with Gasteiger partial charge in [0.1, 0.15) is 5.69 Å². The Labute approximate surface area is 150 Å². The van der Waals surface area contributed by atoms with Crippen LogP contribution in [0.2, 0.25) is 0 Å². The van der Waals surface area contributed by atoms with E-state index in [2.05, 4.69) is 15.2 Å². The zero-order valence-electron chi connectivity index (χ0n) is 12.4. The van der Waals surface area contributed by atoms with Gasteiger partial charge in [-0.2, -0.15) is 9.49 Å². The maximum Gasteiger partial charge on any atom is 0.305 e. The lowest BCUT2D eigenvalue weighted by molar-refractivity contribution is -0.387. The number of halogens is 2. The largest absolute Gasteiger partial charge is 0.369 e. The summed E-state index contributed by atoms with van der Waals surface area (Å²) in [7, 11) is 0. The van der Waals surface area contributed by atoms with Crippen molar-refractivity contribution in [2.75, 3.05) is 0 Å². The quantitative estimate of drug-likeness (QED) is 0.307. The lowest BCUT2D eigenvalue weighted by atomic mass is 10.1. The molecule has 0 aliphatic rings. The first-order chi connectivity index (χ1) is 11.5. The van der Waals surface area contributed by atoms with Crippen molar-refractivity contribution in [1.82, 2.24) is 9.38 Å². The summed E-state index contributed by atoms with van der Waals surface area (Å²) >= 11 is 1.32. The third-order valence-corrected chi connectivity index (χ3v) is 3.84. The van der Waals surface area contributed by atoms with Gasteiger partial charge in [-0.3, -0.25) is 14.5 Å². The monoisotopic (exact) mass is 383 g/mol. The highest BCUT2D eigenvalue weighted by Crippen LogP contribution is 2.31. The number of nitro groups is 1. The van der Waals surface area contributed by atoms with E-state index in [9.17, 15) is 14.5 Å². The topological polar surface area (TPSA) is 137 Å². The molecule has 0 spiro atoms. The molecular weight excluding hydrogens is 373 g/mol. The minimum absolute atomic E-state index is 0. The van der Waals surface area contributed by atoms with E-state index in [-0.39, 0.29) is 29.6 Å². The van der Waals surface area contributed by atoms with Crippen molar-refractivity contribution in [2.24, 2.45) is 21.7 Å². The zero-order chi connectivity index (χ0) is 17.3. The van der Waals surface area contributed by atoms with Gasteiger partial charge in [-0.15, -0.1) is 28.8 Å². The number of imidazole rings is 1. The Morgan fingerprint density at radius 2 is 2.20 bits per heavy atom. The Morgan fingerprint density at radius 1 is 1.44 bits per heavy atom. The van der Waals surface area contributed by atoms with Crippen molar-refractivity contribution in [3.8, 4) is 11.3 Å². The van der Waals surface area contributed by atoms with Gasteiger partial charge in [0.2, 0.25) is 11.8 Å². The summed E-state index contributed by atoms with van der Waals surface area (Å²) in [5, 5.41) is 19.9. The lowest BCUT2D eigenvalue weighted by Crippen LogP contribution is -2.21. The Kier molecular flexibility index (Phi) is 5.29. The smallest absolute Gasteiger partial charge is 0.305 e. The SMILES string of the molecule is Cl.NC(N)=N/N=C\c1c(-c2cccc([N+](=O)[O-])c2F)nc2sccn12. The highest BCUT2D eigenvalue weighted by atomic mass is 35.5. The van der Waals surface area contributed by atoms with Gasteiger partial charge in [0.25, 0.3) is 0 Å². The van der Waals surface area contributed by atoms with Crippen LogP contribution >= 0.6 is 23.7 Å². The number of guanidine groups is 1. The van der Waals surface area contributed by atoms with Gasteiger partial charge < -0.3 is 11.5 Å². The average Bonchev–Trinajstić information content (AvgIpc) is 3.09. The van der Waals surface area contributed by atoms with E-state index in [1.165, 1.54) is 29.7 Å². The standard InChI is InChI=1S/C13H10FN7O2S.ClH/c14-10-7(2-1-3-8(10)21(22)23)11-9(6-17-19-12(15)16)20-4-5-24-13(20)18-11;/h1-6H,(H4,15,16,19);1H/b17-6-;. The van der Waals surface area contributed by atoms with Gasteiger partial charge in [0, 0.05) is 23.2 Å². The van der Waals surface area contributed by atoms with Crippen molar-refractivity contribution in [2.45, 2.75) is 0 Å². The Morgan fingerprint density at radius 3 is 2.88 bits per heavy atom. The molecule has 1 aromatic carbocycles. The van der Waals surface area contributed by atoms with Gasteiger partial charge >= 0.3 is 5.69 Å². The minimum atomic E-state index is -0.968. The average molecular weight is 384 g/mol. The van der Waals surface area contributed by atoms with Crippen molar-refractivity contribution < 1.29 is 9.31 Å². The summed E-state index contributed by atoms with van der Waals surface area (Å²) in [6, 6.07) is 3.89. The predicted octanol–water partition coefficient (Wildman–Crippen LogP) is 2.14. The molecule has 0 aliphatic heterocycles. The molecule has 9 nitrogen and oxygen atoms in total. The maximum atomic E-state index is 14.5. The summed E-state index contributed by atoms with van der Waals surface area (Å²) in [6.45, 7) is 0. The van der Waals surface area contributed by atoms with Crippen LogP contribution in [0.15, 0.2) is 40.0 Å². The summed E-state index contributed by atoms with van der Waals surface area (Å²) in [5.74, 6) is -1.20. The molecule has 12 heteroatoms. The van der Waals surface area contributed by atoms with Crippen molar-refractivity contribution >= 4 is 46.6 Å². The van der Waals surface area contributed by atoms with Crippen molar-refractivity contribution in [3.05, 3.63) is 51.4 Å². The Hall–Kier alpha value is -3.05. The third-order valence-electron chi connectivity index (χ3n) is 3.08. The van der Waals surface area contributed by atoms with Crippen LogP contribution < -0.4 is 11.5 Å². The van der Waals surface area contributed by atoms with Crippen LogP contribution in [-0.4, -0.2) is 26.5 Å². The molecule has 0 unspecified atom stereocenters. The Bertz CT molecular complexity index is 994. The van der Waals surface area contributed by atoms with E-state index in [0.717, 1.165) is 6.07 Å². The van der Waals surface area contributed by atoms with Gasteiger partial charge in [0.15, 0.2) is 4.96 Å². The van der Waals surface area contributed by atoms with Gasteiger partial charge in [-0.05, 0) is 6.07 Å². The molecular formula is C13H11ClFN7O2S. The second-order valence-electron chi connectivity index (χ2n) is 4.57. The first-order valence-electron chi connectivity index (χ1n) is 6.50. The van der Waals surface area contributed by atoms with Crippen LogP contribution in [0.1, 0.15) is 5.69 Å². The number of nitro benzene ring substituents is 1. The van der Waals surface area contributed by atoms with Crippen LogP contribution in [0.4, 0.5) is 10.1 Å². The van der Waals surface area contributed by atoms with E-state index < -0.39 is 16.4 Å². The molecule has 0 aliphatic carbocycles. The molecule has 0 radical (unpaired) electrons. The molecule has 0 fully saturated rings. The number of hydrogen-bond donors (Lipinski definition) is 2. The van der Waals surface area contributed by atoms with E-state index in [1.54, 1.807) is 16.0 Å². The molecule has 4 N–H and O–H groups in total. The third kappa shape index (κ3) is 3.41. The molecule has 0 saturated heterocycles. The molecule has 130 valence electrons. The van der Waals surface area contributed by atoms with Gasteiger partial charge in [-0.25, -0.2) is 4.98 Å². The fraction of sp³-hybridized carbons (Fsp3) is 0. The Balaban J connectivity index is 0.00000225. The van der Waals surface area contributed by atoms with Crippen LogP contribution in [0.5, 0.6) is 0 Å². The van der Waals surface area contributed by atoms with Gasteiger partial charge in [-0.1, -0.05) is 6.07 Å². The molecule has 25 heavy (non-hydrogen) atoms. The molecule has 2 aromatic heterocycles. The van der Waals surface area contributed by atoms with Crippen LogP contribution in [-0.2, 0) is 0 Å². The number of fused-ring (bicyclic) bond motifs is 1. The number of benzene rings is 1. The lowest BCUT2D eigenvalue weighted by Gasteiger charge is -2.02. The molecule has 0 saturated carbocycles. The van der Waals surface area contributed by atoms with Gasteiger partial charge in [0.05, 0.1) is 16.8 Å². The molecule has 0 amide bonds. The van der Waals surface area contributed by atoms with Crippen LogP contribution in [0, 0.1) is 15.9 Å². The van der Waals surface area contributed by atoms with E-state index in [4.69, 9.17) is 11.5 Å². The van der Waals surface area contributed by atoms with E-state index in [0.29, 0.717) is 10.7 Å². The highest BCUT2D eigenvalue weighted by molar-refractivity contribution is 7.15. The van der Waals surface area contributed by atoms with Crippen molar-refractivity contribution in [3.63, 3.8) is 0 Å². The second-order valence-corrected chi connectivity index (χ2v) is 5.44. The normalized spacial score (nSPS) is 10.8. The summed E-state index contributed by atoms with van der Waals surface area (Å²) in [4.78, 5) is 15.0. The summed E-state index contributed by atoms with van der Waals surface area (Å²) < 4.78 is 16.1. The second kappa shape index (κ2) is 7.23. The fourth-order valence-electron chi connectivity index (χ4n) is 2.12. The van der Waals surface area contributed by atoms with E-state index >= 15 is 0 Å². The maximum absolute atomic E-state index is 14.5. The minimum Gasteiger partial charge on any atom is -0.369 e. The number of thiazole rings is 1. The van der Waals surface area contributed by atoms with E-state index in [1.807, 2.05) is 0 Å². The molecule has 3 rings (SSSR count). The molecule has 0 atom stereocenters. The highest BCUT2D eigenvalue weighted by Gasteiger charge is 2.23. The molecule has 3 aromatic rings. The number of nitrogens with zero attached hydrogens (tertiary/aromatic N) is 5. The number of hydrogen-bond acceptors (Lipinski definition) is 6. The van der Waals surface area contributed by atoms with Crippen molar-refractivity contribution in [1.29, 1.82) is 0 Å².